The standard InChI is InChI=1S/C8H5ClNS2/c9-8-7(11-12-10-8)6-4-2-1-3-5-6/h1-5H/q+1. The molecule has 12 heavy (non-hydrogen) atoms. The van der Waals surface area contributed by atoms with Gasteiger partial charge in [0.2, 0.25) is 5.15 Å². The van der Waals surface area contributed by atoms with Gasteiger partial charge >= 0.3 is 10.3 Å². The minimum atomic E-state index is 0.608. The topological polar surface area (TPSA) is 12.9 Å². The van der Waals surface area contributed by atoms with Crippen LogP contribution in [-0.2, 0) is 0 Å². The Morgan fingerprint density at radius 2 is 2.00 bits per heavy atom. The van der Waals surface area contributed by atoms with E-state index >= 15 is 0 Å². The van der Waals surface area contributed by atoms with Crippen LogP contribution in [0.5, 0.6) is 0 Å². The summed E-state index contributed by atoms with van der Waals surface area (Å²) in [6.07, 6.45) is 0. The first-order chi connectivity index (χ1) is 5.88. The molecule has 0 amide bonds. The molecule has 2 rings (SSSR count). The number of nitrogens with zero attached hydrogens (tertiary/aromatic N) is 1. The lowest BCUT2D eigenvalue weighted by Gasteiger charge is -1.86. The third-order valence-electron chi connectivity index (χ3n) is 1.46. The SMILES string of the molecule is Clc1ns[s+]c1-c1ccccc1. The maximum Gasteiger partial charge on any atom is 0.325 e. The fourth-order valence-corrected chi connectivity index (χ4v) is 3.27. The van der Waals surface area contributed by atoms with Crippen molar-refractivity contribution in [1.82, 2.24) is 4.37 Å². The lowest BCUT2D eigenvalue weighted by Crippen LogP contribution is -1.71. The number of aromatic nitrogens is 1. The van der Waals surface area contributed by atoms with Crippen molar-refractivity contribution in [3.63, 3.8) is 0 Å². The summed E-state index contributed by atoms with van der Waals surface area (Å²) < 4.78 is 4.02. The molecule has 2 aromatic rings. The van der Waals surface area contributed by atoms with E-state index < -0.39 is 0 Å². The van der Waals surface area contributed by atoms with Crippen molar-refractivity contribution >= 4 is 32.5 Å². The zero-order valence-corrected chi connectivity index (χ0v) is 8.42. The second kappa shape index (κ2) is 3.47. The molecular weight excluding hydrogens is 210 g/mol. The van der Waals surface area contributed by atoms with Gasteiger partial charge in [-0.2, -0.15) is 0 Å². The first kappa shape index (κ1) is 8.10. The van der Waals surface area contributed by atoms with E-state index in [1.165, 1.54) is 10.5 Å². The highest BCUT2D eigenvalue weighted by Crippen LogP contribution is 2.33. The third kappa shape index (κ3) is 1.48. The molecular formula is C8H5ClNS2+. The quantitative estimate of drug-likeness (QED) is 0.520. The predicted molar refractivity (Wildman–Crippen MR) is 54.8 cm³/mol. The lowest BCUT2D eigenvalue weighted by atomic mass is 10.2. The molecule has 1 aromatic heterocycles. The Hall–Kier alpha value is -0.510. The average Bonchev–Trinajstić information content (AvgIpc) is 2.53. The van der Waals surface area contributed by atoms with Crippen LogP contribution >= 0.6 is 32.5 Å². The zero-order valence-electron chi connectivity index (χ0n) is 6.03. The maximum atomic E-state index is 5.88. The summed E-state index contributed by atoms with van der Waals surface area (Å²) in [6, 6.07) is 10.0. The molecule has 1 nitrogen and oxygen atoms in total. The summed E-state index contributed by atoms with van der Waals surface area (Å²) in [4.78, 5) is 1.06. The summed E-state index contributed by atoms with van der Waals surface area (Å²) in [5.41, 5.74) is 1.14. The Morgan fingerprint density at radius 3 is 2.58 bits per heavy atom. The minimum Gasteiger partial charge on any atom is -0.122 e. The van der Waals surface area contributed by atoms with E-state index in [9.17, 15) is 0 Å². The molecule has 1 aromatic carbocycles. The van der Waals surface area contributed by atoms with Crippen LogP contribution < -0.4 is 0 Å². The molecule has 0 saturated heterocycles. The molecule has 0 saturated carbocycles. The Labute approximate surface area is 82.8 Å². The fraction of sp³-hybridized carbons (Fsp3) is 0. The second-order valence-electron chi connectivity index (χ2n) is 2.24. The lowest BCUT2D eigenvalue weighted by molar-refractivity contribution is 1.56. The van der Waals surface area contributed by atoms with Gasteiger partial charge < -0.3 is 0 Å². The highest BCUT2D eigenvalue weighted by molar-refractivity contribution is 7.68. The number of hydrogen-bond donors (Lipinski definition) is 0. The molecule has 0 spiro atoms. The first-order valence-electron chi connectivity index (χ1n) is 3.38. The van der Waals surface area contributed by atoms with Gasteiger partial charge in [-0.15, -0.1) is 4.37 Å². The van der Waals surface area contributed by atoms with Crippen molar-refractivity contribution < 1.29 is 0 Å². The molecule has 0 fully saturated rings. The molecule has 0 aliphatic heterocycles. The van der Waals surface area contributed by atoms with Gasteiger partial charge in [0.05, 0.1) is 0 Å². The number of halogens is 1. The Bertz CT molecular complexity index is 372. The van der Waals surface area contributed by atoms with Gasteiger partial charge in [0, 0.05) is 5.56 Å². The van der Waals surface area contributed by atoms with Gasteiger partial charge in [0.25, 0.3) is 15.4 Å². The summed E-state index contributed by atoms with van der Waals surface area (Å²) in [5, 5.41) is 0.608. The van der Waals surface area contributed by atoms with Crippen LogP contribution in [0.3, 0.4) is 0 Å². The van der Waals surface area contributed by atoms with Crippen LogP contribution in [0.2, 0.25) is 5.15 Å². The number of rotatable bonds is 1. The van der Waals surface area contributed by atoms with Crippen molar-refractivity contribution in [2.75, 3.05) is 0 Å². The van der Waals surface area contributed by atoms with E-state index in [1.54, 1.807) is 10.3 Å². The van der Waals surface area contributed by atoms with Crippen LogP contribution in [0.15, 0.2) is 30.3 Å². The van der Waals surface area contributed by atoms with Gasteiger partial charge in [-0.3, -0.25) is 0 Å². The van der Waals surface area contributed by atoms with Crippen LogP contribution in [0.4, 0.5) is 0 Å². The van der Waals surface area contributed by atoms with Gasteiger partial charge in [-0.1, -0.05) is 29.8 Å². The Morgan fingerprint density at radius 1 is 1.25 bits per heavy atom. The summed E-state index contributed by atoms with van der Waals surface area (Å²) in [5.74, 6) is 0. The molecule has 0 unspecified atom stereocenters. The first-order valence-corrected chi connectivity index (χ1v) is 5.86. The Kier molecular flexibility index (Phi) is 2.35. The number of benzene rings is 1. The van der Waals surface area contributed by atoms with Crippen LogP contribution in [0, 0.1) is 0 Å². The maximum absolute atomic E-state index is 5.88. The van der Waals surface area contributed by atoms with E-state index in [2.05, 4.69) is 4.37 Å². The summed E-state index contributed by atoms with van der Waals surface area (Å²) in [7, 11) is 3.02. The van der Waals surface area contributed by atoms with Gasteiger partial charge in [-0.25, -0.2) is 0 Å². The van der Waals surface area contributed by atoms with Gasteiger partial charge in [0.1, 0.15) is 0 Å². The monoisotopic (exact) mass is 214 g/mol. The van der Waals surface area contributed by atoms with Crippen molar-refractivity contribution in [2.45, 2.75) is 0 Å². The minimum absolute atomic E-state index is 0.608. The molecule has 1 heterocycles. The molecule has 0 atom stereocenters. The van der Waals surface area contributed by atoms with Crippen LogP contribution in [-0.4, -0.2) is 4.37 Å². The second-order valence-corrected chi connectivity index (χ2v) is 4.45. The summed E-state index contributed by atoms with van der Waals surface area (Å²) >= 11 is 5.88. The molecule has 0 aliphatic rings. The van der Waals surface area contributed by atoms with E-state index in [0.29, 0.717) is 5.15 Å². The van der Waals surface area contributed by atoms with E-state index in [4.69, 9.17) is 11.6 Å². The molecule has 0 bridgehead atoms. The normalized spacial score (nSPS) is 10.1. The van der Waals surface area contributed by atoms with E-state index in [1.807, 2.05) is 30.3 Å². The smallest absolute Gasteiger partial charge is 0.122 e. The fourth-order valence-electron chi connectivity index (χ4n) is 0.921. The highest BCUT2D eigenvalue weighted by Gasteiger charge is 2.18. The third-order valence-corrected chi connectivity index (χ3v) is 3.82. The van der Waals surface area contributed by atoms with Crippen LogP contribution in [0.25, 0.3) is 10.4 Å². The van der Waals surface area contributed by atoms with E-state index in [-0.39, 0.29) is 0 Å². The summed E-state index contributed by atoms with van der Waals surface area (Å²) in [6.45, 7) is 0. The van der Waals surface area contributed by atoms with Crippen molar-refractivity contribution in [1.29, 1.82) is 0 Å². The molecule has 4 heteroatoms. The molecule has 60 valence electrons. The number of hydrogen-bond acceptors (Lipinski definition) is 2. The molecule has 0 radical (unpaired) electrons. The van der Waals surface area contributed by atoms with Crippen molar-refractivity contribution in [3.05, 3.63) is 35.5 Å². The van der Waals surface area contributed by atoms with Gasteiger partial charge in [-0.05, 0) is 12.1 Å². The van der Waals surface area contributed by atoms with Crippen molar-refractivity contribution in [2.24, 2.45) is 0 Å². The predicted octanol–water partition coefficient (Wildman–Crippen LogP) is 3.81. The Balaban J connectivity index is 2.51. The largest absolute Gasteiger partial charge is 0.325 e. The van der Waals surface area contributed by atoms with E-state index in [0.717, 1.165) is 10.4 Å². The zero-order chi connectivity index (χ0) is 8.39. The average molecular weight is 215 g/mol. The van der Waals surface area contributed by atoms with Crippen LogP contribution in [0.1, 0.15) is 0 Å². The highest BCUT2D eigenvalue weighted by atomic mass is 35.5. The molecule has 0 N–H and O–H groups in total. The molecule has 0 aliphatic carbocycles. The van der Waals surface area contributed by atoms with Crippen molar-refractivity contribution in [3.8, 4) is 10.4 Å². The van der Waals surface area contributed by atoms with Gasteiger partial charge in [0.15, 0.2) is 0 Å².